The number of fused-ring (bicyclic) bond motifs is 1. The second-order valence-corrected chi connectivity index (χ2v) is 8.72. The third-order valence-electron chi connectivity index (χ3n) is 5.12. The molecule has 1 atom stereocenters. The summed E-state index contributed by atoms with van der Waals surface area (Å²) in [5, 5.41) is 0.505. The zero-order valence-corrected chi connectivity index (χ0v) is 19.7. The van der Waals surface area contributed by atoms with E-state index in [0.717, 1.165) is 11.3 Å². The van der Waals surface area contributed by atoms with E-state index in [2.05, 4.69) is 9.73 Å². The van der Waals surface area contributed by atoms with Crippen LogP contribution in [-0.2, 0) is 9.53 Å². The van der Waals surface area contributed by atoms with Crippen molar-refractivity contribution in [2.24, 2.45) is 4.99 Å². The van der Waals surface area contributed by atoms with Crippen molar-refractivity contribution in [3.63, 3.8) is 0 Å². The average Bonchev–Trinajstić information content (AvgIpc) is 3.09. The van der Waals surface area contributed by atoms with Crippen LogP contribution in [0, 0.1) is 0 Å². The highest BCUT2D eigenvalue weighted by Gasteiger charge is 2.33. The Morgan fingerprint density at radius 3 is 2.62 bits per heavy atom. The van der Waals surface area contributed by atoms with Crippen molar-refractivity contribution in [1.29, 1.82) is 0 Å². The molecule has 0 saturated heterocycles. The van der Waals surface area contributed by atoms with Gasteiger partial charge >= 0.3 is 12.6 Å². The fraction of sp³-hybridized carbons (Fsp3) is 0.208. The first kappa shape index (κ1) is 23.8. The normalized spacial score (nSPS) is 15.8. The van der Waals surface area contributed by atoms with Crippen molar-refractivity contribution < 1.29 is 23.0 Å². The smallest absolute Gasteiger partial charge is 0.387 e. The first-order valence-electron chi connectivity index (χ1n) is 10.3. The molecule has 0 radical (unpaired) electrons. The van der Waals surface area contributed by atoms with E-state index in [4.69, 9.17) is 16.3 Å². The summed E-state index contributed by atoms with van der Waals surface area (Å²) < 4.78 is 37.1. The molecule has 0 N–H and O–H groups in total. The number of hydrogen-bond donors (Lipinski definition) is 0. The molecule has 0 bridgehead atoms. The highest BCUT2D eigenvalue weighted by Crippen LogP contribution is 2.31. The summed E-state index contributed by atoms with van der Waals surface area (Å²) in [6, 6.07) is 12.2. The van der Waals surface area contributed by atoms with Gasteiger partial charge in [0, 0.05) is 10.6 Å². The molecule has 0 fully saturated rings. The van der Waals surface area contributed by atoms with E-state index in [1.807, 2.05) is 0 Å². The predicted molar refractivity (Wildman–Crippen MR) is 125 cm³/mol. The number of alkyl halides is 2. The van der Waals surface area contributed by atoms with Crippen molar-refractivity contribution in [3.8, 4) is 5.75 Å². The Bertz CT molecular complexity index is 1440. The minimum Gasteiger partial charge on any atom is -0.463 e. The number of ether oxygens (including phenoxy) is 2. The molecule has 0 aliphatic carbocycles. The third kappa shape index (κ3) is 4.67. The number of nitrogens with zero attached hydrogens (tertiary/aromatic N) is 2. The number of rotatable bonds is 6. The molecule has 1 aliphatic rings. The Balaban J connectivity index is 1.93. The summed E-state index contributed by atoms with van der Waals surface area (Å²) in [7, 11) is 0. The monoisotopic (exact) mass is 504 g/mol. The minimum atomic E-state index is -3.00. The molecule has 0 saturated carbocycles. The molecule has 3 aromatic rings. The van der Waals surface area contributed by atoms with Crippen molar-refractivity contribution in [2.75, 3.05) is 6.61 Å². The van der Waals surface area contributed by atoms with Gasteiger partial charge in [-0.25, -0.2) is 9.79 Å². The molecule has 2 heterocycles. The van der Waals surface area contributed by atoms with Crippen LogP contribution in [0.2, 0.25) is 5.02 Å². The number of hydrogen-bond acceptors (Lipinski definition) is 6. The maximum atomic E-state index is 13.5. The average molecular weight is 505 g/mol. The topological polar surface area (TPSA) is 69.9 Å². The van der Waals surface area contributed by atoms with Gasteiger partial charge < -0.3 is 9.47 Å². The molecular weight excluding hydrogens is 486 g/mol. The SMILES string of the molecule is CCOC(=O)C1=C(C)N=c2sc(=Cc3ccccc3OC(F)F)c(=O)n2C1c1ccc(Cl)cc1. The van der Waals surface area contributed by atoms with Gasteiger partial charge in [-0.1, -0.05) is 53.3 Å². The van der Waals surface area contributed by atoms with Crippen LogP contribution < -0.4 is 19.6 Å². The zero-order chi connectivity index (χ0) is 24.4. The summed E-state index contributed by atoms with van der Waals surface area (Å²) in [5.41, 5.74) is 1.20. The molecule has 1 aliphatic heterocycles. The Morgan fingerprint density at radius 2 is 1.94 bits per heavy atom. The quantitative estimate of drug-likeness (QED) is 0.475. The van der Waals surface area contributed by atoms with Crippen molar-refractivity contribution in [3.05, 3.63) is 95.6 Å². The van der Waals surface area contributed by atoms with E-state index in [-0.39, 0.29) is 22.5 Å². The summed E-state index contributed by atoms with van der Waals surface area (Å²) >= 11 is 7.14. The third-order valence-corrected chi connectivity index (χ3v) is 6.36. The highest BCUT2D eigenvalue weighted by atomic mass is 35.5. The molecule has 2 aromatic carbocycles. The maximum Gasteiger partial charge on any atom is 0.387 e. The number of para-hydroxylation sites is 1. The minimum absolute atomic E-state index is 0.0546. The van der Waals surface area contributed by atoms with Crippen LogP contribution in [0.1, 0.15) is 31.0 Å². The molecule has 10 heteroatoms. The highest BCUT2D eigenvalue weighted by molar-refractivity contribution is 7.07. The number of carbonyl (C=O) groups is 1. The van der Waals surface area contributed by atoms with Crippen LogP contribution >= 0.6 is 22.9 Å². The number of allylic oxidation sites excluding steroid dienone is 1. The van der Waals surface area contributed by atoms with Gasteiger partial charge in [0.2, 0.25) is 0 Å². The second kappa shape index (κ2) is 9.90. The van der Waals surface area contributed by atoms with Gasteiger partial charge in [0.1, 0.15) is 5.75 Å². The molecular formula is C24H19ClF2N2O4S. The van der Waals surface area contributed by atoms with Gasteiger partial charge in [-0.15, -0.1) is 0 Å². The predicted octanol–water partition coefficient (Wildman–Crippen LogP) is 4.05. The van der Waals surface area contributed by atoms with Crippen LogP contribution in [0.4, 0.5) is 8.78 Å². The van der Waals surface area contributed by atoms with Crippen molar-refractivity contribution in [2.45, 2.75) is 26.5 Å². The van der Waals surface area contributed by atoms with E-state index in [9.17, 15) is 18.4 Å². The molecule has 4 rings (SSSR count). The Hall–Kier alpha value is -3.30. The van der Waals surface area contributed by atoms with E-state index in [0.29, 0.717) is 26.6 Å². The maximum absolute atomic E-state index is 13.5. The van der Waals surface area contributed by atoms with Gasteiger partial charge in [-0.2, -0.15) is 8.78 Å². The Labute approximate surface area is 202 Å². The largest absolute Gasteiger partial charge is 0.463 e. The number of benzene rings is 2. The lowest BCUT2D eigenvalue weighted by molar-refractivity contribution is -0.139. The molecule has 1 aromatic heterocycles. The van der Waals surface area contributed by atoms with Crippen LogP contribution in [0.5, 0.6) is 5.75 Å². The lowest BCUT2D eigenvalue weighted by Gasteiger charge is -2.24. The Kier molecular flexibility index (Phi) is 6.95. The Morgan fingerprint density at radius 1 is 1.24 bits per heavy atom. The van der Waals surface area contributed by atoms with Gasteiger partial charge in [0.25, 0.3) is 5.56 Å². The summed E-state index contributed by atoms with van der Waals surface area (Å²) in [5.74, 6) is -0.630. The molecule has 0 amide bonds. The summed E-state index contributed by atoms with van der Waals surface area (Å²) in [6.07, 6.45) is 1.48. The second-order valence-electron chi connectivity index (χ2n) is 7.27. The number of aromatic nitrogens is 1. The van der Waals surface area contributed by atoms with E-state index in [1.54, 1.807) is 56.3 Å². The summed E-state index contributed by atoms with van der Waals surface area (Å²) in [6.45, 7) is 0.529. The lowest BCUT2D eigenvalue weighted by atomic mass is 9.96. The number of carbonyl (C=O) groups excluding carboxylic acids is 1. The number of halogens is 3. The van der Waals surface area contributed by atoms with Crippen molar-refractivity contribution in [1.82, 2.24) is 4.57 Å². The fourth-order valence-corrected chi connectivity index (χ4v) is 4.86. The standard InChI is InChI=1S/C24H19ClF2N2O4S/c1-3-32-22(31)19-13(2)28-24-29(20(19)14-8-10-16(25)11-9-14)21(30)18(34-24)12-15-6-4-5-7-17(15)33-23(26)27/h4-12,20,23H,3H2,1-2H3. The molecule has 176 valence electrons. The fourth-order valence-electron chi connectivity index (χ4n) is 3.70. The molecule has 0 spiro atoms. The first-order chi connectivity index (χ1) is 16.3. The number of thiazole rings is 1. The van der Waals surface area contributed by atoms with Crippen LogP contribution in [0.3, 0.4) is 0 Å². The van der Waals surface area contributed by atoms with Crippen molar-refractivity contribution >= 4 is 35.0 Å². The molecule has 1 unspecified atom stereocenters. The first-order valence-corrected chi connectivity index (χ1v) is 11.5. The van der Waals surface area contributed by atoms with Crippen LogP contribution in [0.25, 0.3) is 6.08 Å². The van der Waals surface area contributed by atoms with Gasteiger partial charge in [-0.3, -0.25) is 9.36 Å². The summed E-state index contributed by atoms with van der Waals surface area (Å²) in [4.78, 5) is 31.2. The zero-order valence-electron chi connectivity index (χ0n) is 18.1. The van der Waals surface area contributed by atoms with E-state index in [1.165, 1.54) is 16.7 Å². The molecule has 6 nitrogen and oxygen atoms in total. The van der Waals surface area contributed by atoms with Crippen LogP contribution in [0.15, 0.2) is 69.6 Å². The lowest BCUT2D eigenvalue weighted by Crippen LogP contribution is -2.39. The van der Waals surface area contributed by atoms with E-state index >= 15 is 0 Å². The van der Waals surface area contributed by atoms with Gasteiger partial charge in [0.05, 0.1) is 28.5 Å². The van der Waals surface area contributed by atoms with Gasteiger partial charge in [-0.05, 0) is 43.7 Å². The van der Waals surface area contributed by atoms with E-state index < -0.39 is 24.2 Å². The van der Waals surface area contributed by atoms with Crippen LogP contribution in [-0.4, -0.2) is 23.8 Å². The van der Waals surface area contributed by atoms with Gasteiger partial charge in [0.15, 0.2) is 4.80 Å². The number of esters is 1. The molecule has 34 heavy (non-hydrogen) atoms.